The van der Waals surface area contributed by atoms with Gasteiger partial charge in [-0.25, -0.2) is 18.9 Å². The number of amidine groups is 1. The summed E-state index contributed by atoms with van der Waals surface area (Å²) < 4.78 is 83.5. The number of benzene rings is 3. The van der Waals surface area contributed by atoms with E-state index < -0.39 is 29.9 Å². The van der Waals surface area contributed by atoms with Crippen molar-refractivity contribution in [3.05, 3.63) is 83.9 Å². The largest absolute Gasteiger partial charge is 0.499 e. The molecule has 16 heteroatoms. The lowest BCUT2D eigenvalue weighted by Crippen LogP contribution is -2.41. The average molecular weight is 663 g/mol. The van der Waals surface area contributed by atoms with E-state index in [4.69, 9.17) is 0 Å². The number of thioether (sulfide) groups is 1. The third-order valence-electron chi connectivity index (χ3n) is 6.65. The number of aromatic nitrogens is 3. The van der Waals surface area contributed by atoms with Gasteiger partial charge in [-0.15, -0.1) is 5.10 Å². The maximum Gasteiger partial charge on any atom is 0.499 e. The van der Waals surface area contributed by atoms with Gasteiger partial charge in [-0.3, -0.25) is 9.69 Å². The first-order chi connectivity index (χ1) is 21.6. The molecule has 1 fully saturated rings. The van der Waals surface area contributed by atoms with Crippen LogP contribution in [0, 0.1) is 12.7 Å². The van der Waals surface area contributed by atoms with Crippen LogP contribution >= 0.6 is 11.8 Å². The van der Waals surface area contributed by atoms with Crippen molar-refractivity contribution in [1.29, 1.82) is 0 Å². The van der Waals surface area contributed by atoms with Gasteiger partial charge in [-0.2, -0.15) is 26.9 Å². The molecule has 0 radical (unpaired) electrons. The van der Waals surface area contributed by atoms with E-state index in [1.807, 2.05) is 39.0 Å². The number of hydrogen-bond donors (Lipinski definition) is 1. The Morgan fingerprint density at radius 1 is 1.04 bits per heavy atom. The number of hydrogen-bond acceptors (Lipinski definition) is 6. The molecule has 46 heavy (non-hydrogen) atoms. The second-order valence-electron chi connectivity index (χ2n) is 10.4. The second-order valence-corrected chi connectivity index (χ2v) is 11.3. The molecular weight excluding hydrogens is 638 g/mol. The first-order valence-electron chi connectivity index (χ1n) is 13.5. The zero-order valence-corrected chi connectivity index (χ0v) is 25.1. The van der Waals surface area contributed by atoms with E-state index in [9.17, 15) is 31.5 Å². The minimum Gasteiger partial charge on any atom is -0.426 e. The summed E-state index contributed by atoms with van der Waals surface area (Å²) in [6.07, 6.45) is -10.0. The number of urea groups is 1. The van der Waals surface area contributed by atoms with E-state index >= 15 is 4.39 Å². The molecule has 1 N–H and O–H groups in total. The lowest BCUT2D eigenvalue weighted by molar-refractivity contribution is -0.360. The molecule has 0 saturated carbocycles. The van der Waals surface area contributed by atoms with E-state index in [0.29, 0.717) is 5.69 Å². The van der Waals surface area contributed by atoms with Gasteiger partial charge in [0.05, 0.1) is 22.8 Å². The quantitative estimate of drug-likeness (QED) is 0.204. The fourth-order valence-corrected chi connectivity index (χ4v) is 5.25. The van der Waals surface area contributed by atoms with Crippen molar-refractivity contribution in [3.8, 4) is 22.8 Å². The van der Waals surface area contributed by atoms with Crippen molar-refractivity contribution in [2.75, 3.05) is 16.0 Å². The summed E-state index contributed by atoms with van der Waals surface area (Å²) in [4.78, 5) is 35.1. The molecule has 0 spiro atoms. The van der Waals surface area contributed by atoms with Crippen molar-refractivity contribution >= 4 is 40.2 Å². The van der Waals surface area contributed by atoms with E-state index in [1.165, 1.54) is 40.2 Å². The number of anilines is 2. The fraction of sp³-hybridized carbons (Fsp3) is 0.233. The Morgan fingerprint density at radius 3 is 2.41 bits per heavy atom. The SMILES string of the molecule is Cc1ccc(C(C)C)c(N2C(=O)CS/C2=N\C(=O)Nc2ccc(-c3ncn(-c4ccc(OC(F)(F)C(F)(F)F)cc4)n3)cc2F)c1. The highest BCUT2D eigenvalue weighted by Gasteiger charge is 2.61. The molecule has 1 aliphatic heterocycles. The Morgan fingerprint density at radius 2 is 1.76 bits per heavy atom. The van der Waals surface area contributed by atoms with Gasteiger partial charge < -0.3 is 10.1 Å². The molecule has 0 aliphatic carbocycles. The zero-order valence-electron chi connectivity index (χ0n) is 24.3. The van der Waals surface area contributed by atoms with Gasteiger partial charge in [0, 0.05) is 5.56 Å². The first kappa shape index (κ1) is 32.5. The van der Waals surface area contributed by atoms with Crippen LogP contribution in [-0.4, -0.2) is 49.9 Å². The molecule has 0 atom stereocenters. The zero-order chi connectivity index (χ0) is 33.4. The molecule has 1 saturated heterocycles. The Balaban J connectivity index is 1.29. The van der Waals surface area contributed by atoms with Gasteiger partial charge in [-0.05, 0) is 72.5 Å². The van der Waals surface area contributed by atoms with E-state index in [-0.39, 0.29) is 45.5 Å². The highest BCUT2D eigenvalue weighted by Crippen LogP contribution is 2.38. The molecule has 240 valence electrons. The number of nitrogens with zero attached hydrogens (tertiary/aromatic N) is 5. The minimum absolute atomic E-state index is 0.0524. The number of aliphatic imine (C=N–C) groups is 1. The molecule has 3 aromatic carbocycles. The van der Waals surface area contributed by atoms with Gasteiger partial charge in [0.15, 0.2) is 11.0 Å². The average Bonchev–Trinajstić information content (AvgIpc) is 3.60. The second kappa shape index (κ2) is 12.5. The van der Waals surface area contributed by atoms with Crippen LogP contribution < -0.4 is 15.0 Å². The summed E-state index contributed by atoms with van der Waals surface area (Å²) in [6.45, 7) is 5.87. The van der Waals surface area contributed by atoms with Crippen molar-refractivity contribution in [2.24, 2.45) is 4.99 Å². The lowest BCUT2D eigenvalue weighted by Gasteiger charge is -2.22. The number of ether oxygens (including phenoxy) is 1. The van der Waals surface area contributed by atoms with E-state index in [2.05, 4.69) is 25.1 Å². The van der Waals surface area contributed by atoms with Gasteiger partial charge in [0.2, 0.25) is 5.91 Å². The smallest absolute Gasteiger partial charge is 0.426 e. The van der Waals surface area contributed by atoms with Gasteiger partial charge in [0.1, 0.15) is 17.9 Å². The lowest BCUT2D eigenvalue weighted by atomic mass is 9.99. The molecule has 4 aromatic rings. The topological polar surface area (TPSA) is 102 Å². The standard InChI is InChI=1S/C30H24F6N6O3S/c1-16(2)21-10-4-17(3)12-24(21)42-25(43)14-46-28(42)39-27(44)38-23-11-5-18(13-22(23)31)26-37-15-41(40-26)19-6-8-20(9-7-19)45-30(35,36)29(32,33)34/h4-13,15-16H,14H2,1-3H3,(H,38,44)/b39-28-. The Bertz CT molecular complexity index is 1820. The Labute approximate surface area is 262 Å². The highest BCUT2D eigenvalue weighted by atomic mass is 32.2. The summed E-state index contributed by atoms with van der Waals surface area (Å²) in [5.41, 5.74) is 2.73. The third kappa shape index (κ3) is 6.85. The molecule has 5 rings (SSSR count). The van der Waals surface area contributed by atoms with Crippen LogP contribution in [0.25, 0.3) is 17.1 Å². The molecule has 9 nitrogen and oxygen atoms in total. The monoisotopic (exact) mass is 662 g/mol. The molecule has 3 amide bonds. The summed E-state index contributed by atoms with van der Waals surface area (Å²) in [5, 5.41) is 6.73. The number of carbonyl (C=O) groups is 2. The van der Waals surface area contributed by atoms with Crippen LogP contribution in [0.3, 0.4) is 0 Å². The third-order valence-corrected chi connectivity index (χ3v) is 7.57. The van der Waals surface area contributed by atoms with Crippen molar-refractivity contribution in [1.82, 2.24) is 14.8 Å². The molecule has 1 aromatic heterocycles. The molecule has 2 heterocycles. The van der Waals surface area contributed by atoms with Crippen molar-refractivity contribution in [2.45, 2.75) is 39.0 Å². The van der Waals surface area contributed by atoms with Crippen LogP contribution in [-0.2, 0) is 4.79 Å². The summed E-state index contributed by atoms with van der Waals surface area (Å²) in [5.74, 6) is -1.55. The van der Waals surface area contributed by atoms with Crippen LogP contribution in [0.15, 0.2) is 72.0 Å². The summed E-state index contributed by atoms with van der Waals surface area (Å²) in [6, 6.07) is 12.8. The molecule has 0 bridgehead atoms. The molecule has 1 aliphatic rings. The predicted octanol–water partition coefficient (Wildman–Crippen LogP) is 7.71. The number of amides is 3. The first-order valence-corrected chi connectivity index (χ1v) is 14.5. The van der Waals surface area contributed by atoms with Gasteiger partial charge in [0.25, 0.3) is 0 Å². The van der Waals surface area contributed by atoms with Crippen LogP contribution in [0.1, 0.15) is 30.9 Å². The summed E-state index contributed by atoms with van der Waals surface area (Å²) in [7, 11) is 0. The maximum atomic E-state index is 15.0. The maximum absolute atomic E-state index is 15.0. The predicted molar refractivity (Wildman–Crippen MR) is 160 cm³/mol. The van der Waals surface area contributed by atoms with Crippen LogP contribution in [0.4, 0.5) is 42.5 Å². The minimum atomic E-state index is -5.89. The number of aryl methyl sites for hydroxylation is 1. The Hall–Kier alpha value is -4.86. The van der Waals surface area contributed by atoms with Crippen molar-refractivity contribution < 1.29 is 40.7 Å². The van der Waals surface area contributed by atoms with Gasteiger partial charge in [-0.1, -0.05) is 37.7 Å². The van der Waals surface area contributed by atoms with E-state index in [0.717, 1.165) is 41.1 Å². The molecular formula is C30H24F6N6O3S. The number of carbonyl (C=O) groups excluding carboxylic acids is 2. The highest BCUT2D eigenvalue weighted by molar-refractivity contribution is 8.15. The van der Waals surface area contributed by atoms with Crippen LogP contribution in [0.2, 0.25) is 0 Å². The Kier molecular flexibility index (Phi) is 8.84. The fourth-order valence-electron chi connectivity index (χ4n) is 4.40. The normalized spacial score (nSPS) is 14.8. The van der Waals surface area contributed by atoms with Crippen LogP contribution in [0.5, 0.6) is 5.75 Å². The summed E-state index contributed by atoms with van der Waals surface area (Å²) >= 11 is 1.09. The number of nitrogens with one attached hydrogen (secondary N) is 1. The molecule has 0 unspecified atom stereocenters. The van der Waals surface area contributed by atoms with Crippen molar-refractivity contribution in [3.63, 3.8) is 0 Å². The number of alkyl halides is 5. The number of rotatable bonds is 7. The number of halogens is 6. The van der Waals surface area contributed by atoms with Gasteiger partial charge >= 0.3 is 18.3 Å². The van der Waals surface area contributed by atoms with E-state index in [1.54, 1.807) is 0 Å².